The zero-order chi connectivity index (χ0) is 51.4. The lowest BCUT2D eigenvalue weighted by atomic mass is 9.82. The molecule has 384 valence electrons. The van der Waals surface area contributed by atoms with E-state index in [-0.39, 0.29) is 57.2 Å². The Balaban J connectivity index is 0.867. The predicted molar refractivity (Wildman–Crippen MR) is 289 cm³/mol. The second-order valence-corrected chi connectivity index (χ2v) is 20.4. The van der Waals surface area contributed by atoms with Crippen molar-refractivity contribution in [2.45, 2.75) is 83.3 Å². The van der Waals surface area contributed by atoms with Gasteiger partial charge in [0.25, 0.3) is 5.91 Å². The van der Waals surface area contributed by atoms with E-state index in [1.54, 1.807) is 41.3 Å². The van der Waals surface area contributed by atoms with Crippen molar-refractivity contribution in [3.05, 3.63) is 168 Å². The largest absolute Gasteiger partial charge is 0.490 e. The molecule has 15 nitrogen and oxygen atoms in total. The summed E-state index contributed by atoms with van der Waals surface area (Å²) in [6, 6.07) is 30.1. The molecule has 2 amide bonds. The quantitative estimate of drug-likeness (QED) is 0.0231. The monoisotopic (exact) mass is 1010 g/mol. The average Bonchev–Trinajstić information content (AvgIpc) is 3.79. The van der Waals surface area contributed by atoms with Gasteiger partial charge >= 0.3 is 5.97 Å². The molecule has 5 aliphatic rings. The summed E-state index contributed by atoms with van der Waals surface area (Å²) in [5, 5.41) is 36.0. The van der Waals surface area contributed by atoms with Crippen molar-refractivity contribution in [3.63, 3.8) is 0 Å². The summed E-state index contributed by atoms with van der Waals surface area (Å²) in [7, 11) is 0. The number of aryl methyl sites for hydroxylation is 2. The first-order valence-corrected chi connectivity index (χ1v) is 26.7. The van der Waals surface area contributed by atoms with E-state index in [1.165, 1.54) is 33.3 Å². The van der Waals surface area contributed by atoms with Gasteiger partial charge in [-0.15, -0.1) is 0 Å². The highest BCUT2D eigenvalue weighted by Gasteiger charge is 2.36. The van der Waals surface area contributed by atoms with Crippen LogP contribution in [0.25, 0.3) is 26.8 Å². The Labute approximate surface area is 435 Å². The molecule has 75 heavy (non-hydrogen) atoms. The summed E-state index contributed by atoms with van der Waals surface area (Å²) >= 11 is 0. The molecule has 0 aromatic heterocycles. The molecule has 0 unspecified atom stereocenters. The van der Waals surface area contributed by atoms with E-state index in [0.29, 0.717) is 28.1 Å². The highest BCUT2D eigenvalue weighted by molar-refractivity contribution is 6.03. The van der Waals surface area contributed by atoms with Crippen LogP contribution < -0.4 is 40.2 Å². The van der Waals surface area contributed by atoms with Crippen LogP contribution in [0.2, 0.25) is 0 Å². The van der Waals surface area contributed by atoms with Gasteiger partial charge in [-0.2, -0.15) is 0 Å². The number of carboxylic acids is 1. The van der Waals surface area contributed by atoms with Crippen LogP contribution >= 0.6 is 0 Å². The van der Waals surface area contributed by atoms with Gasteiger partial charge in [0, 0.05) is 120 Å². The van der Waals surface area contributed by atoms with Crippen molar-refractivity contribution in [3.8, 4) is 17.2 Å². The van der Waals surface area contributed by atoms with Gasteiger partial charge in [0.05, 0.1) is 11.1 Å². The Bertz CT molecular complexity index is 3420. The van der Waals surface area contributed by atoms with Crippen LogP contribution in [-0.2, 0) is 37.0 Å². The van der Waals surface area contributed by atoms with Gasteiger partial charge < -0.3 is 40.1 Å². The van der Waals surface area contributed by atoms with Crippen molar-refractivity contribution >= 4 is 45.5 Å². The number of nitrogens with one attached hydrogen (secondary N) is 2. The van der Waals surface area contributed by atoms with Gasteiger partial charge in [-0.1, -0.05) is 65.8 Å². The summed E-state index contributed by atoms with van der Waals surface area (Å²) in [5.74, 6) is 0.583. The van der Waals surface area contributed by atoms with Crippen LogP contribution in [0.4, 0.5) is 11.4 Å². The number of aromatic carboxylic acids is 1. The number of hydrogen-bond donors (Lipinski definition) is 4. The lowest BCUT2D eigenvalue weighted by molar-refractivity contribution is -0.131. The Kier molecular flexibility index (Phi) is 14.5. The van der Waals surface area contributed by atoms with Gasteiger partial charge in [-0.25, -0.2) is 9.37 Å². The molecule has 11 rings (SSSR count). The van der Waals surface area contributed by atoms with Gasteiger partial charge in [0.2, 0.25) is 11.3 Å². The molecular weight excluding hydrogens is 945 g/mol. The highest BCUT2D eigenvalue weighted by atomic mass is 16.5. The molecule has 6 aromatic rings. The number of anilines is 1. The maximum atomic E-state index is 14.4. The topological polar surface area (TPSA) is 192 Å². The number of carboxylic acid groups (broad SMARTS) is 1. The molecule has 5 aliphatic heterocycles. The number of rotatable bonds is 17. The minimum absolute atomic E-state index is 0.0644. The molecule has 0 spiro atoms. The fraction of sp³-hybridized carbons (Fsp3) is 0.367. The van der Waals surface area contributed by atoms with E-state index in [4.69, 9.17) is 9.47 Å². The lowest BCUT2D eigenvalue weighted by Crippen LogP contribution is -2.41. The molecule has 0 saturated carbocycles. The number of hydrogen-bond acceptors (Lipinski definition) is 9. The van der Waals surface area contributed by atoms with Crippen LogP contribution in [0.1, 0.15) is 105 Å². The third-order valence-electron chi connectivity index (χ3n) is 15.6. The van der Waals surface area contributed by atoms with Crippen molar-refractivity contribution in [1.82, 2.24) is 20.1 Å². The number of aliphatic hydroxyl groups is 1. The van der Waals surface area contributed by atoms with Gasteiger partial charge in [0.1, 0.15) is 43.0 Å². The van der Waals surface area contributed by atoms with Crippen molar-refractivity contribution in [1.29, 1.82) is 0 Å². The maximum absolute atomic E-state index is 14.4. The second-order valence-electron chi connectivity index (χ2n) is 20.4. The van der Waals surface area contributed by atoms with Crippen LogP contribution in [-0.4, -0.2) is 98.0 Å². The minimum atomic E-state index is -1.09. The molecule has 6 aromatic carbocycles. The third kappa shape index (κ3) is 10.2. The molecule has 1 atom stereocenters. The number of benzene rings is 6. The second kappa shape index (κ2) is 22.0. The van der Waals surface area contributed by atoms with Gasteiger partial charge in [0.15, 0.2) is 0 Å². The number of azide groups is 1. The third-order valence-corrected chi connectivity index (χ3v) is 15.6. The number of aliphatic hydroxyl groups excluding tert-OH is 1. The summed E-state index contributed by atoms with van der Waals surface area (Å²) in [6.45, 7) is 4.86. The summed E-state index contributed by atoms with van der Waals surface area (Å²) in [6.07, 6.45) is 9.16. The van der Waals surface area contributed by atoms with Crippen molar-refractivity contribution in [2.24, 2.45) is 5.11 Å². The Morgan fingerprint density at radius 2 is 1.63 bits per heavy atom. The fourth-order valence-corrected chi connectivity index (χ4v) is 12.1. The molecule has 0 aliphatic carbocycles. The first kappa shape index (κ1) is 49.5. The van der Waals surface area contributed by atoms with E-state index in [2.05, 4.69) is 42.3 Å². The van der Waals surface area contributed by atoms with E-state index in [9.17, 15) is 30.1 Å². The summed E-state index contributed by atoms with van der Waals surface area (Å²) < 4.78 is 15.8. The van der Waals surface area contributed by atoms with E-state index < -0.39 is 18.0 Å². The fourth-order valence-electron chi connectivity index (χ4n) is 12.1. The SMILES string of the molecule is [N-]=[N+]=Nc1ccccc1CN(CCNC(=O)c1ccc(C(=O)O)c(C2=c3cc4c5c(c3Oc3c2cc2c6c3CCCN6CCCC2)CCC[N+]=5CCCC4)c1)C(=O)CCNC[C@H](O)COc1cccc2ccccc12. The van der Waals surface area contributed by atoms with E-state index >= 15 is 0 Å². The molecule has 0 saturated heterocycles. The van der Waals surface area contributed by atoms with E-state index in [1.807, 2.05) is 48.5 Å². The van der Waals surface area contributed by atoms with Gasteiger partial charge in [-0.3, -0.25) is 9.59 Å². The van der Waals surface area contributed by atoms with Crippen LogP contribution in [0.5, 0.6) is 17.2 Å². The first-order chi connectivity index (χ1) is 36.7. The van der Waals surface area contributed by atoms with Crippen LogP contribution in [0, 0.1) is 0 Å². The zero-order valence-electron chi connectivity index (χ0n) is 42.3. The lowest BCUT2D eigenvalue weighted by Gasteiger charge is -2.35. The van der Waals surface area contributed by atoms with Crippen molar-refractivity contribution in [2.75, 3.05) is 63.9 Å². The Hall–Kier alpha value is -7.71. The van der Waals surface area contributed by atoms with Gasteiger partial charge in [-0.05, 0) is 115 Å². The average molecular weight is 1010 g/mol. The predicted octanol–water partition coefficient (Wildman–Crippen LogP) is 7.87. The number of ether oxygens (including phenoxy) is 2. The standard InChI is InChI=1S/C60H62N8O7/c61-65-64-51-20-4-2-15-42(51)36-68(53(70)24-25-62-35-43(69)37-74-52-21-9-16-38-12-1-3-17-44(38)52)31-26-63-59(71)41-22-23-45(60(72)73)48(34-41)54-49-32-39-13-5-7-27-66-29-10-18-46(55(39)66)57(49)75-58-47-19-11-30-67-28-8-6-14-40(56(47)67)33-50(54)58/h1-4,9,12,15-17,20-23,32-34,43,62,69H,5-8,10-11,13-14,18-19,24-31,35-37H2,(H-,63,71,72,73)/p+1/t43-/m0/s1. The number of fused-ring (bicyclic) bond motifs is 5. The Morgan fingerprint density at radius 3 is 2.52 bits per heavy atom. The number of amides is 2. The highest BCUT2D eigenvalue weighted by Crippen LogP contribution is 2.48. The molecule has 4 N–H and O–H groups in total. The molecular formula is C60H63N8O7+. The zero-order valence-corrected chi connectivity index (χ0v) is 42.3. The number of carbonyl (C=O) groups excluding carboxylic acids is 2. The number of nitrogens with zero attached hydrogens (tertiary/aromatic N) is 6. The smallest absolute Gasteiger partial charge is 0.336 e. The van der Waals surface area contributed by atoms with E-state index in [0.717, 1.165) is 129 Å². The number of carbonyl (C=O) groups is 3. The molecule has 0 bridgehead atoms. The maximum Gasteiger partial charge on any atom is 0.336 e. The summed E-state index contributed by atoms with van der Waals surface area (Å²) in [4.78, 5) is 49.0. The molecule has 0 fully saturated rings. The normalized spacial score (nSPS) is 15.7. The van der Waals surface area contributed by atoms with Crippen LogP contribution in [0.3, 0.4) is 0 Å². The Morgan fingerprint density at radius 1 is 0.827 bits per heavy atom. The van der Waals surface area contributed by atoms with Crippen LogP contribution in [0.15, 0.2) is 102 Å². The molecule has 15 heteroatoms. The minimum Gasteiger partial charge on any atom is -0.490 e. The summed E-state index contributed by atoms with van der Waals surface area (Å²) in [5.41, 5.74) is 19.1. The van der Waals surface area contributed by atoms with Crippen molar-refractivity contribution < 1.29 is 34.1 Å². The molecule has 0 radical (unpaired) electrons. The molecule has 5 heterocycles. The first-order valence-electron chi connectivity index (χ1n) is 26.7.